The highest BCUT2D eigenvalue weighted by Crippen LogP contribution is 2.32. The molecule has 1 saturated heterocycles. The number of imidazole rings is 1. The van der Waals surface area contributed by atoms with Crippen LogP contribution in [0.4, 0.5) is 5.82 Å². The van der Waals surface area contributed by atoms with E-state index in [9.17, 15) is 10.2 Å². The van der Waals surface area contributed by atoms with Gasteiger partial charge in [-0.05, 0) is 5.56 Å². The quantitative estimate of drug-likeness (QED) is 0.495. The van der Waals surface area contributed by atoms with E-state index in [0.717, 1.165) is 5.56 Å². The minimum Gasteiger partial charge on any atom is -0.394 e. The lowest BCUT2D eigenvalue weighted by Gasteiger charge is -2.21. The Morgan fingerprint density at radius 1 is 1.19 bits per heavy atom. The van der Waals surface area contributed by atoms with Gasteiger partial charge >= 0.3 is 0 Å². The van der Waals surface area contributed by atoms with E-state index in [1.54, 1.807) is 4.57 Å². The summed E-state index contributed by atoms with van der Waals surface area (Å²) >= 11 is 0. The van der Waals surface area contributed by atoms with Gasteiger partial charge in [0.15, 0.2) is 17.7 Å². The standard InChI is InChI=1S/C17H20N6O3/c18-15-13-16(21-8-20-15)23(9-22-13)17-14(25)12(11(7-24)26-17)19-6-10-4-2-1-3-5-10/h1-5,8-9,11-12,14,17,19,24-25H,6-7H2,(H2,18,20,21)/t11-,12-,14+,17-/m1/s1. The van der Waals surface area contributed by atoms with Crippen LogP contribution < -0.4 is 11.1 Å². The number of aromatic nitrogens is 4. The van der Waals surface area contributed by atoms with Gasteiger partial charge in [-0.2, -0.15) is 0 Å². The van der Waals surface area contributed by atoms with Gasteiger partial charge in [0.2, 0.25) is 0 Å². The fourth-order valence-corrected chi connectivity index (χ4v) is 3.27. The number of benzene rings is 1. The Hall–Kier alpha value is -2.59. The molecule has 0 aliphatic carbocycles. The van der Waals surface area contributed by atoms with Crippen LogP contribution in [0.2, 0.25) is 0 Å². The molecule has 26 heavy (non-hydrogen) atoms. The van der Waals surface area contributed by atoms with Gasteiger partial charge in [0.1, 0.15) is 24.1 Å². The van der Waals surface area contributed by atoms with Gasteiger partial charge in [-0.1, -0.05) is 30.3 Å². The number of aliphatic hydroxyl groups is 2. The third-order valence-corrected chi connectivity index (χ3v) is 4.60. The normalized spacial score (nSPS) is 25.8. The van der Waals surface area contributed by atoms with Crippen LogP contribution in [0.5, 0.6) is 0 Å². The molecule has 4 atom stereocenters. The van der Waals surface area contributed by atoms with E-state index in [1.807, 2.05) is 30.3 Å². The molecule has 0 radical (unpaired) electrons. The zero-order valence-electron chi connectivity index (χ0n) is 13.9. The van der Waals surface area contributed by atoms with Crippen molar-refractivity contribution < 1.29 is 14.9 Å². The zero-order chi connectivity index (χ0) is 18.1. The van der Waals surface area contributed by atoms with E-state index in [0.29, 0.717) is 17.7 Å². The highest BCUT2D eigenvalue weighted by atomic mass is 16.5. The van der Waals surface area contributed by atoms with Crippen LogP contribution in [0.1, 0.15) is 11.8 Å². The average Bonchev–Trinajstić information content (AvgIpc) is 3.22. The monoisotopic (exact) mass is 356 g/mol. The first-order chi connectivity index (χ1) is 12.7. The summed E-state index contributed by atoms with van der Waals surface area (Å²) in [6, 6.07) is 9.38. The molecule has 2 aromatic heterocycles. The van der Waals surface area contributed by atoms with Crippen LogP contribution in [0.3, 0.4) is 0 Å². The molecule has 1 aliphatic rings. The molecule has 4 rings (SSSR count). The molecule has 1 aliphatic heterocycles. The van der Waals surface area contributed by atoms with E-state index >= 15 is 0 Å². The molecule has 9 nitrogen and oxygen atoms in total. The number of ether oxygens (including phenoxy) is 1. The highest BCUT2D eigenvalue weighted by Gasteiger charge is 2.44. The third kappa shape index (κ3) is 2.90. The minimum atomic E-state index is -0.899. The summed E-state index contributed by atoms with van der Waals surface area (Å²) in [7, 11) is 0. The van der Waals surface area contributed by atoms with Gasteiger partial charge in [-0.3, -0.25) is 4.57 Å². The maximum Gasteiger partial charge on any atom is 0.167 e. The first-order valence-corrected chi connectivity index (χ1v) is 8.33. The number of rotatable bonds is 5. The number of nitrogens with two attached hydrogens (primary N) is 1. The summed E-state index contributed by atoms with van der Waals surface area (Å²) in [5.41, 5.74) is 7.81. The van der Waals surface area contributed by atoms with E-state index < -0.39 is 24.5 Å². The lowest BCUT2D eigenvalue weighted by atomic mass is 10.1. The van der Waals surface area contributed by atoms with Gasteiger partial charge in [0.05, 0.1) is 19.0 Å². The Balaban J connectivity index is 1.57. The number of anilines is 1. The van der Waals surface area contributed by atoms with Gasteiger partial charge < -0.3 is 26.0 Å². The summed E-state index contributed by atoms with van der Waals surface area (Å²) in [6.45, 7) is 0.332. The Kier molecular flexibility index (Phi) is 4.51. The van der Waals surface area contributed by atoms with Crippen LogP contribution in [0, 0.1) is 0 Å². The molecule has 0 saturated carbocycles. The third-order valence-electron chi connectivity index (χ3n) is 4.60. The fourth-order valence-electron chi connectivity index (χ4n) is 3.27. The van der Waals surface area contributed by atoms with Crippen molar-refractivity contribution in [3.8, 4) is 0 Å². The molecule has 9 heteroatoms. The largest absolute Gasteiger partial charge is 0.394 e. The van der Waals surface area contributed by atoms with Crippen LogP contribution >= 0.6 is 0 Å². The molecule has 5 N–H and O–H groups in total. The van der Waals surface area contributed by atoms with Crippen LogP contribution in [0.25, 0.3) is 11.2 Å². The highest BCUT2D eigenvalue weighted by molar-refractivity contribution is 5.81. The summed E-state index contributed by atoms with van der Waals surface area (Å²) < 4.78 is 7.49. The van der Waals surface area contributed by atoms with E-state index in [-0.39, 0.29) is 12.4 Å². The maximum absolute atomic E-state index is 10.8. The van der Waals surface area contributed by atoms with Gasteiger partial charge in [-0.25, -0.2) is 15.0 Å². The molecule has 0 unspecified atom stereocenters. The number of fused-ring (bicyclic) bond motifs is 1. The van der Waals surface area contributed by atoms with Gasteiger partial charge in [0, 0.05) is 6.54 Å². The first-order valence-electron chi connectivity index (χ1n) is 8.33. The smallest absolute Gasteiger partial charge is 0.167 e. The Morgan fingerprint density at radius 2 is 2.00 bits per heavy atom. The number of hydrogen-bond donors (Lipinski definition) is 4. The summed E-state index contributed by atoms with van der Waals surface area (Å²) in [6.07, 6.45) is 0.656. The number of hydrogen-bond acceptors (Lipinski definition) is 8. The van der Waals surface area contributed by atoms with E-state index in [4.69, 9.17) is 10.5 Å². The van der Waals surface area contributed by atoms with E-state index in [2.05, 4.69) is 20.3 Å². The van der Waals surface area contributed by atoms with Crippen molar-refractivity contribution in [2.45, 2.75) is 31.0 Å². The predicted molar refractivity (Wildman–Crippen MR) is 93.8 cm³/mol. The maximum atomic E-state index is 10.8. The Labute approximate surface area is 149 Å². The second-order valence-corrected chi connectivity index (χ2v) is 6.21. The molecular formula is C17H20N6O3. The minimum absolute atomic E-state index is 0.218. The molecule has 3 heterocycles. The summed E-state index contributed by atoms with van der Waals surface area (Å²) in [5.74, 6) is 0.263. The van der Waals surface area contributed by atoms with Crippen molar-refractivity contribution in [1.82, 2.24) is 24.8 Å². The van der Waals surface area contributed by atoms with Gasteiger partial charge in [-0.15, -0.1) is 0 Å². The van der Waals surface area contributed by atoms with E-state index in [1.165, 1.54) is 12.7 Å². The number of nitrogen functional groups attached to an aromatic ring is 1. The molecule has 0 amide bonds. The molecule has 1 aromatic carbocycles. The molecule has 1 fully saturated rings. The number of aliphatic hydroxyl groups excluding tert-OH is 2. The van der Waals surface area contributed by atoms with Crippen LogP contribution in [-0.2, 0) is 11.3 Å². The van der Waals surface area contributed by atoms with Crippen molar-refractivity contribution in [3.63, 3.8) is 0 Å². The van der Waals surface area contributed by atoms with Crippen molar-refractivity contribution in [1.29, 1.82) is 0 Å². The van der Waals surface area contributed by atoms with Crippen molar-refractivity contribution in [3.05, 3.63) is 48.5 Å². The lowest BCUT2D eigenvalue weighted by Crippen LogP contribution is -2.45. The second kappa shape index (κ2) is 6.96. The predicted octanol–water partition coefficient (Wildman–Crippen LogP) is -0.183. The first kappa shape index (κ1) is 16.9. The summed E-state index contributed by atoms with van der Waals surface area (Å²) in [5, 5.41) is 23.8. The average molecular weight is 356 g/mol. The second-order valence-electron chi connectivity index (χ2n) is 6.21. The topological polar surface area (TPSA) is 131 Å². The number of nitrogens with zero attached hydrogens (tertiary/aromatic N) is 4. The molecule has 3 aromatic rings. The van der Waals surface area contributed by atoms with Crippen LogP contribution in [0.15, 0.2) is 43.0 Å². The fraction of sp³-hybridized carbons (Fsp3) is 0.353. The van der Waals surface area contributed by atoms with Crippen molar-refractivity contribution in [2.24, 2.45) is 0 Å². The van der Waals surface area contributed by atoms with Crippen LogP contribution in [-0.4, -0.2) is 54.6 Å². The Bertz CT molecular complexity index is 887. The molecular weight excluding hydrogens is 336 g/mol. The molecule has 0 spiro atoms. The lowest BCUT2D eigenvalue weighted by molar-refractivity contribution is -0.0489. The number of nitrogens with one attached hydrogen (secondary N) is 1. The summed E-state index contributed by atoms with van der Waals surface area (Å²) in [4.78, 5) is 12.3. The zero-order valence-corrected chi connectivity index (χ0v) is 13.9. The molecule has 0 bridgehead atoms. The molecule has 136 valence electrons. The Morgan fingerprint density at radius 3 is 2.77 bits per heavy atom. The van der Waals surface area contributed by atoms with Crippen molar-refractivity contribution >= 4 is 17.0 Å². The van der Waals surface area contributed by atoms with Crippen molar-refractivity contribution in [2.75, 3.05) is 12.3 Å². The van der Waals surface area contributed by atoms with Gasteiger partial charge in [0.25, 0.3) is 0 Å². The SMILES string of the molecule is Nc1ncnc2c1ncn2[C@@H]1O[C@H](CO)[C@@H](NCc2ccccc2)[C@@H]1O.